The van der Waals surface area contributed by atoms with E-state index < -0.39 is 0 Å². The molecule has 58 heavy (non-hydrogen) atoms. The highest BCUT2D eigenvalue weighted by molar-refractivity contribution is 6.13. The van der Waals surface area contributed by atoms with Crippen LogP contribution in [-0.2, 0) is 0 Å². The Labute approximate surface area is 333 Å². The Morgan fingerprint density at radius 3 is 1.41 bits per heavy atom. The van der Waals surface area contributed by atoms with Crippen LogP contribution >= 0.6 is 0 Å². The van der Waals surface area contributed by atoms with Gasteiger partial charge in [-0.15, -0.1) is 0 Å². The first-order chi connectivity index (χ1) is 28.7. The molecule has 0 aliphatic carbocycles. The van der Waals surface area contributed by atoms with Crippen molar-refractivity contribution in [2.45, 2.75) is 0 Å². The number of furan rings is 1. The van der Waals surface area contributed by atoms with Crippen LogP contribution in [0.15, 0.2) is 203 Å². The molecule has 0 unspecified atom stereocenters. The van der Waals surface area contributed by atoms with Crippen molar-refractivity contribution in [3.8, 4) is 79.0 Å². The minimum Gasteiger partial charge on any atom is -0.456 e. The van der Waals surface area contributed by atoms with Crippen LogP contribution in [0.3, 0.4) is 0 Å². The largest absolute Gasteiger partial charge is 0.456 e. The molecule has 0 spiro atoms. The predicted octanol–water partition coefficient (Wildman–Crippen LogP) is 13.6. The van der Waals surface area contributed by atoms with Crippen molar-refractivity contribution < 1.29 is 8.83 Å². The summed E-state index contributed by atoms with van der Waals surface area (Å²) in [5.41, 5.74) is 13.4. The third kappa shape index (κ3) is 6.10. The number of rotatable bonds is 7. The van der Waals surface area contributed by atoms with Crippen molar-refractivity contribution >= 4 is 33.0 Å². The van der Waals surface area contributed by atoms with Gasteiger partial charge in [-0.1, -0.05) is 152 Å². The molecule has 0 fully saturated rings. The minimum atomic E-state index is 0.580. The number of oxazole rings is 1. The second kappa shape index (κ2) is 14.0. The Morgan fingerprint density at radius 1 is 0.293 bits per heavy atom. The van der Waals surface area contributed by atoms with Crippen LogP contribution in [0.4, 0.5) is 0 Å². The molecule has 0 atom stereocenters. The highest BCUT2D eigenvalue weighted by Crippen LogP contribution is 2.39. The van der Waals surface area contributed by atoms with E-state index in [0.717, 1.165) is 77.5 Å². The van der Waals surface area contributed by atoms with Crippen LogP contribution in [0, 0.1) is 0 Å². The monoisotopic (exact) mass is 744 g/mol. The molecule has 6 heteroatoms. The van der Waals surface area contributed by atoms with Crippen molar-refractivity contribution in [2.75, 3.05) is 0 Å². The third-order valence-corrected chi connectivity index (χ3v) is 10.6. The second-order valence-electron chi connectivity index (χ2n) is 14.3. The van der Waals surface area contributed by atoms with Crippen molar-refractivity contribution in [3.63, 3.8) is 0 Å². The van der Waals surface area contributed by atoms with Crippen molar-refractivity contribution in [1.29, 1.82) is 0 Å². The first-order valence-electron chi connectivity index (χ1n) is 19.2. The van der Waals surface area contributed by atoms with Gasteiger partial charge in [-0.05, 0) is 75.8 Å². The average Bonchev–Trinajstić information content (AvgIpc) is 3.91. The first kappa shape index (κ1) is 33.4. The van der Waals surface area contributed by atoms with Crippen molar-refractivity contribution in [2.24, 2.45) is 0 Å². The topological polar surface area (TPSA) is 77.8 Å². The molecule has 6 nitrogen and oxygen atoms in total. The number of nitrogens with zero attached hydrogens (tertiary/aromatic N) is 4. The van der Waals surface area contributed by atoms with E-state index in [1.807, 2.05) is 91.0 Å². The molecule has 0 saturated heterocycles. The molecule has 0 N–H and O–H groups in total. The van der Waals surface area contributed by atoms with E-state index in [-0.39, 0.29) is 0 Å². The van der Waals surface area contributed by atoms with Crippen LogP contribution in [-0.4, -0.2) is 19.9 Å². The van der Waals surface area contributed by atoms with Crippen LogP contribution in [0.2, 0.25) is 0 Å². The van der Waals surface area contributed by atoms with Gasteiger partial charge < -0.3 is 8.83 Å². The quantitative estimate of drug-likeness (QED) is 0.162. The predicted molar refractivity (Wildman–Crippen MR) is 233 cm³/mol. The fourth-order valence-corrected chi connectivity index (χ4v) is 7.64. The maximum atomic E-state index is 6.42. The van der Waals surface area contributed by atoms with E-state index in [0.29, 0.717) is 23.4 Å². The molecule has 0 bridgehead atoms. The summed E-state index contributed by atoms with van der Waals surface area (Å²) in [5, 5.41) is 1.92. The van der Waals surface area contributed by atoms with Crippen LogP contribution < -0.4 is 0 Å². The lowest BCUT2D eigenvalue weighted by Gasteiger charge is -2.09. The lowest BCUT2D eigenvalue weighted by Crippen LogP contribution is -2.00. The zero-order chi connectivity index (χ0) is 38.4. The standard InChI is InChI=1S/C52H32N4O2/c1-4-11-33(12-5-1)34-19-21-35(22-20-34)36-23-25-39(26-24-36)52-53-44-29-27-41(32-47(44)58-52)40-28-30-45-43(31-40)48-42(17-10-18-46(48)57-45)51-55-49(37-13-6-2-7-14-37)54-50(56-51)38-15-8-3-9-16-38/h1-32H. The van der Waals surface area contributed by atoms with Gasteiger partial charge in [-0.2, -0.15) is 0 Å². The molecule has 272 valence electrons. The molecule has 0 saturated carbocycles. The average molecular weight is 745 g/mol. The lowest BCUT2D eigenvalue weighted by atomic mass is 10.00. The van der Waals surface area contributed by atoms with Gasteiger partial charge in [0.15, 0.2) is 23.1 Å². The van der Waals surface area contributed by atoms with E-state index in [4.69, 9.17) is 28.8 Å². The van der Waals surface area contributed by atoms with E-state index in [2.05, 4.69) is 103 Å². The van der Waals surface area contributed by atoms with Gasteiger partial charge in [0.2, 0.25) is 5.89 Å². The summed E-state index contributed by atoms with van der Waals surface area (Å²) in [6.45, 7) is 0. The lowest BCUT2D eigenvalue weighted by molar-refractivity contribution is 0.620. The maximum Gasteiger partial charge on any atom is 0.227 e. The molecule has 0 amide bonds. The maximum absolute atomic E-state index is 6.42. The van der Waals surface area contributed by atoms with Crippen LogP contribution in [0.25, 0.3) is 112 Å². The Kier molecular flexibility index (Phi) is 8.04. The zero-order valence-corrected chi connectivity index (χ0v) is 31.1. The molecule has 11 aromatic rings. The fourth-order valence-electron chi connectivity index (χ4n) is 7.64. The summed E-state index contributed by atoms with van der Waals surface area (Å²) >= 11 is 0. The van der Waals surface area contributed by atoms with Gasteiger partial charge in [0, 0.05) is 33.0 Å². The normalized spacial score (nSPS) is 11.4. The summed E-state index contributed by atoms with van der Waals surface area (Å²) in [7, 11) is 0. The highest BCUT2D eigenvalue weighted by atomic mass is 16.3. The Balaban J connectivity index is 0.935. The first-order valence-corrected chi connectivity index (χ1v) is 19.2. The van der Waals surface area contributed by atoms with Gasteiger partial charge in [-0.3, -0.25) is 0 Å². The second-order valence-corrected chi connectivity index (χ2v) is 14.3. The number of hydrogen-bond donors (Lipinski definition) is 0. The third-order valence-electron chi connectivity index (χ3n) is 10.6. The van der Waals surface area contributed by atoms with Gasteiger partial charge >= 0.3 is 0 Å². The number of benzene rings is 8. The van der Waals surface area contributed by atoms with Crippen molar-refractivity contribution in [1.82, 2.24) is 19.9 Å². The van der Waals surface area contributed by atoms with E-state index >= 15 is 0 Å². The number of aromatic nitrogens is 4. The van der Waals surface area contributed by atoms with E-state index in [1.165, 1.54) is 11.1 Å². The van der Waals surface area contributed by atoms with Crippen molar-refractivity contribution in [3.05, 3.63) is 194 Å². The van der Waals surface area contributed by atoms with Gasteiger partial charge in [-0.25, -0.2) is 19.9 Å². The number of hydrogen-bond acceptors (Lipinski definition) is 6. The summed E-state index contributed by atoms with van der Waals surface area (Å²) < 4.78 is 12.8. The Bertz CT molecular complexity index is 3190. The molecule has 8 aromatic carbocycles. The summed E-state index contributed by atoms with van der Waals surface area (Å²) in [6.07, 6.45) is 0. The summed E-state index contributed by atoms with van der Waals surface area (Å²) in [6, 6.07) is 66.0. The molecular weight excluding hydrogens is 713 g/mol. The molecule has 0 aliphatic heterocycles. The van der Waals surface area contributed by atoms with Gasteiger partial charge in [0.25, 0.3) is 0 Å². The highest BCUT2D eigenvalue weighted by Gasteiger charge is 2.19. The molecule has 3 aromatic heterocycles. The molecule has 11 rings (SSSR count). The molecule has 3 heterocycles. The fraction of sp³-hybridized carbons (Fsp3) is 0. The summed E-state index contributed by atoms with van der Waals surface area (Å²) in [4.78, 5) is 19.8. The van der Waals surface area contributed by atoms with Crippen LogP contribution in [0.1, 0.15) is 0 Å². The van der Waals surface area contributed by atoms with Gasteiger partial charge in [0.05, 0.1) is 0 Å². The molecular formula is C52H32N4O2. The van der Waals surface area contributed by atoms with Gasteiger partial charge in [0.1, 0.15) is 16.7 Å². The van der Waals surface area contributed by atoms with E-state index in [1.54, 1.807) is 0 Å². The molecule has 0 radical (unpaired) electrons. The Hall–Kier alpha value is -7.96. The minimum absolute atomic E-state index is 0.580. The summed E-state index contributed by atoms with van der Waals surface area (Å²) in [5.74, 6) is 2.39. The zero-order valence-electron chi connectivity index (χ0n) is 31.1. The van der Waals surface area contributed by atoms with Crippen LogP contribution in [0.5, 0.6) is 0 Å². The smallest absolute Gasteiger partial charge is 0.227 e. The van der Waals surface area contributed by atoms with E-state index in [9.17, 15) is 0 Å². The molecule has 0 aliphatic rings. The Morgan fingerprint density at radius 2 is 0.793 bits per heavy atom. The number of fused-ring (bicyclic) bond motifs is 4. The SMILES string of the molecule is c1ccc(-c2ccc(-c3ccc(-c4nc5ccc(-c6ccc7oc8cccc(-c9nc(-c%10ccccc%10)nc(-c%10ccccc%10)n9)c8c7c6)cc5o4)cc3)cc2)cc1.